The van der Waals surface area contributed by atoms with E-state index >= 15 is 0 Å². The summed E-state index contributed by atoms with van der Waals surface area (Å²) in [6.07, 6.45) is 7.62. The van der Waals surface area contributed by atoms with Crippen LogP contribution in [0.25, 0.3) is 0 Å². The summed E-state index contributed by atoms with van der Waals surface area (Å²) in [4.78, 5) is 27.4. The molecule has 4 rings (SSSR count). The minimum Gasteiger partial charge on any atom is -0.444 e. The van der Waals surface area contributed by atoms with Gasteiger partial charge in [0, 0.05) is 26.2 Å². The van der Waals surface area contributed by atoms with Gasteiger partial charge in [0.25, 0.3) is 0 Å². The van der Waals surface area contributed by atoms with Crippen molar-refractivity contribution in [3.05, 3.63) is 0 Å². The number of fused-ring (bicyclic) bond motifs is 2. The lowest BCUT2D eigenvalue weighted by molar-refractivity contribution is 0.0270. The normalized spacial score (nSPS) is 30.5. The maximum atomic E-state index is 11.8. The molecule has 0 unspecified atom stereocenters. The van der Waals surface area contributed by atoms with E-state index in [9.17, 15) is 9.59 Å². The Labute approximate surface area is 182 Å². The molecule has 6 heteroatoms. The van der Waals surface area contributed by atoms with Crippen molar-refractivity contribution in [2.45, 2.75) is 91.3 Å². The molecular weight excluding hydrogens is 380 g/mol. The molecule has 0 aromatic heterocycles. The van der Waals surface area contributed by atoms with Gasteiger partial charge in [0.05, 0.1) is 0 Å². The zero-order valence-corrected chi connectivity index (χ0v) is 19.9. The third kappa shape index (κ3) is 6.27. The van der Waals surface area contributed by atoms with Crippen LogP contribution in [0.3, 0.4) is 0 Å². The van der Waals surface area contributed by atoms with Crippen molar-refractivity contribution in [1.29, 1.82) is 0 Å². The molecule has 2 aliphatic carbocycles. The number of hydrogen-bond donors (Lipinski definition) is 0. The molecular formula is C24H42N2O4. The van der Waals surface area contributed by atoms with Crippen LogP contribution in [0.1, 0.15) is 80.1 Å². The number of carbonyl (C=O) groups excluding carboxylic acids is 2. The van der Waals surface area contributed by atoms with E-state index in [-0.39, 0.29) is 23.4 Å². The van der Waals surface area contributed by atoms with Gasteiger partial charge in [-0.2, -0.15) is 0 Å². The highest BCUT2D eigenvalue weighted by atomic mass is 16.6. The van der Waals surface area contributed by atoms with Crippen LogP contribution in [0.2, 0.25) is 0 Å². The first-order valence-corrected chi connectivity index (χ1v) is 11.9. The second-order valence-corrected chi connectivity index (χ2v) is 11.7. The van der Waals surface area contributed by atoms with Crippen LogP contribution in [-0.4, -0.2) is 59.4 Å². The van der Waals surface area contributed by atoms with E-state index in [0.29, 0.717) is 0 Å². The van der Waals surface area contributed by atoms with Crippen molar-refractivity contribution in [1.82, 2.24) is 9.80 Å². The zero-order valence-electron chi connectivity index (χ0n) is 19.9. The molecule has 2 amide bonds. The summed E-state index contributed by atoms with van der Waals surface area (Å²) in [6, 6.07) is 0. The average Bonchev–Trinajstić information content (AvgIpc) is 3.31. The quantitative estimate of drug-likeness (QED) is 0.531. The van der Waals surface area contributed by atoms with Crippen LogP contribution in [-0.2, 0) is 9.47 Å². The summed E-state index contributed by atoms with van der Waals surface area (Å²) in [6.45, 7) is 15.2. The molecule has 4 aliphatic rings. The molecule has 4 fully saturated rings. The maximum absolute atomic E-state index is 11.8. The van der Waals surface area contributed by atoms with Crippen LogP contribution >= 0.6 is 0 Å². The number of hydrogen-bond acceptors (Lipinski definition) is 4. The molecule has 4 atom stereocenters. The van der Waals surface area contributed by atoms with Crippen molar-refractivity contribution < 1.29 is 19.1 Å². The predicted molar refractivity (Wildman–Crippen MR) is 117 cm³/mol. The number of rotatable bonds is 0. The van der Waals surface area contributed by atoms with E-state index in [1.165, 1.54) is 38.5 Å². The minimum atomic E-state index is -0.366. The van der Waals surface area contributed by atoms with Crippen LogP contribution in [0.15, 0.2) is 0 Å². The summed E-state index contributed by atoms with van der Waals surface area (Å²) in [5.74, 6) is 2.99. The van der Waals surface area contributed by atoms with Gasteiger partial charge in [0.1, 0.15) is 11.2 Å². The zero-order chi connectivity index (χ0) is 22.1. The van der Waals surface area contributed by atoms with E-state index in [0.717, 1.165) is 49.9 Å². The maximum Gasteiger partial charge on any atom is 0.410 e. The van der Waals surface area contributed by atoms with Crippen LogP contribution in [0.5, 0.6) is 0 Å². The molecule has 0 spiro atoms. The monoisotopic (exact) mass is 422 g/mol. The fourth-order valence-corrected chi connectivity index (χ4v) is 5.42. The molecule has 0 aromatic rings. The summed E-state index contributed by atoms with van der Waals surface area (Å²) in [7, 11) is 0. The van der Waals surface area contributed by atoms with Crippen molar-refractivity contribution >= 4 is 12.2 Å². The fourth-order valence-electron chi connectivity index (χ4n) is 5.42. The van der Waals surface area contributed by atoms with Gasteiger partial charge in [-0.1, -0.05) is 12.8 Å². The highest BCUT2D eigenvalue weighted by molar-refractivity contribution is 5.69. The Morgan fingerprint density at radius 1 is 0.600 bits per heavy atom. The number of amides is 2. The third-order valence-electron chi connectivity index (χ3n) is 6.76. The van der Waals surface area contributed by atoms with Crippen molar-refractivity contribution in [3.8, 4) is 0 Å². The number of carbonyl (C=O) groups is 2. The third-order valence-corrected chi connectivity index (χ3v) is 6.76. The standard InChI is InChI=1S/2C12H21NO2/c2*1-12(2,3)15-11(14)13-7-9-5-4-6-10(9)8-13/h2*9-10H,4-8H2,1-3H3/t2*9-,10+. The average molecular weight is 423 g/mol. The van der Waals surface area contributed by atoms with E-state index < -0.39 is 0 Å². The molecule has 0 radical (unpaired) electrons. The largest absolute Gasteiger partial charge is 0.444 e. The first kappa shape index (κ1) is 23.2. The second kappa shape index (κ2) is 8.96. The van der Waals surface area contributed by atoms with E-state index in [1.54, 1.807) is 0 Å². The van der Waals surface area contributed by atoms with E-state index in [1.807, 2.05) is 51.3 Å². The smallest absolute Gasteiger partial charge is 0.410 e. The van der Waals surface area contributed by atoms with Crippen molar-refractivity contribution in [3.63, 3.8) is 0 Å². The van der Waals surface area contributed by atoms with Crippen molar-refractivity contribution in [2.75, 3.05) is 26.2 Å². The van der Waals surface area contributed by atoms with Gasteiger partial charge in [-0.25, -0.2) is 9.59 Å². The van der Waals surface area contributed by atoms with Gasteiger partial charge in [-0.3, -0.25) is 0 Å². The van der Waals surface area contributed by atoms with Gasteiger partial charge >= 0.3 is 12.2 Å². The Kier molecular flexibility index (Phi) is 6.93. The highest BCUT2D eigenvalue weighted by Gasteiger charge is 2.40. The summed E-state index contributed by atoms with van der Waals surface area (Å²) in [5, 5.41) is 0. The molecule has 2 saturated carbocycles. The lowest BCUT2D eigenvalue weighted by Crippen LogP contribution is -2.35. The molecule has 0 N–H and O–H groups in total. The van der Waals surface area contributed by atoms with Crippen LogP contribution in [0, 0.1) is 23.7 Å². The van der Waals surface area contributed by atoms with Gasteiger partial charge < -0.3 is 19.3 Å². The number of nitrogens with zero attached hydrogens (tertiary/aromatic N) is 2. The molecule has 2 saturated heterocycles. The second-order valence-electron chi connectivity index (χ2n) is 11.7. The van der Waals surface area contributed by atoms with Gasteiger partial charge in [-0.05, 0) is 90.9 Å². The fraction of sp³-hybridized carbons (Fsp3) is 0.917. The Morgan fingerprint density at radius 2 is 0.867 bits per heavy atom. The van der Waals surface area contributed by atoms with Crippen molar-refractivity contribution in [2.24, 2.45) is 23.7 Å². The van der Waals surface area contributed by atoms with Gasteiger partial charge in [0.15, 0.2) is 0 Å². The van der Waals surface area contributed by atoms with Gasteiger partial charge in [-0.15, -0.1) is 0 Å². The topological polar surface area (TPSA) is 59.1 Å². The van der Waals surface area contributed by atoms with Crippen LogP contribution in [0.4, 0.5) is 9.59 Å². The van der Waals surface area contributed by atoms with Gasteiger partial charge in [0.2, 0.25) is 0 Å². The molecule has 6 nitrogen and oxygen atoms in total. The molecule has 172 valence electrons. The molecule has 0 aromatic carbocycles. The minimum absolute atomic E-state index is 0.128. The highest BCUT2D eigenvalue weighted by Crippen LogP contribution is 2.39. The Hall–Kier alpha value is -1.46. The lowest BCUT2D eigenvalue weighted by atomic mass is 10.0. The Bertz CT molecular complexity index is 544. The first-order chi connectivity index (χ1) is 13.9. The summed E-state index contributed by atoms with van der Waals surface area (Å²) >= 11 is 0. The molecule has 2 aliphatic heterocycles. The molecule has 0 bridgehead atoms. The lowest BCUT2D eigenvalue weighted by Gasteiger charge is -2.24. The Balaban J connectivity index is 0.000000171. The first-order valence-electron chi connectivity index (χ1n) is 11.9. The van der Waals surface area contributed by atoms with E-state index in [4.69, 9.17) is 9.47 Å². The summed E-state index contributed by atoms with van der Waals surface area (Å²) in [5.41, 5.74) is -0.733. The number of likely N-dealkylation sites (tertiary alicyclic amines) is 2. The predicted octanol–water partition coefficient (Wildman–Crippen LogP) is 5.31. The summed E-state index contributed by atoms with van der Waals surface area (Å²) < 4.78 is 10.7. The van der Waals surface area contributed by atoms with E-state index in [2.05, 4.69) is 0 Å². The molecule has 30 heavy (non-hydrogen) atoms. The van der Waals surface area contributed by atoms with Crippen LogP contribution < -0.4 is 0 Å². The Morgan fingerprint density at radius 3 is 1.10 bits per heavy atom. The number of ether oxygens (including phenoxy) is 2. The molecule has 2 heterocycles. The SMILES string of the molecule is CC(C)(C)OC(=O)N1C[C@H]2CCC[C@H]2C1.CC(C)(C)OC(=O)N1C[C@H]2CCC[C@H]2C1.